The predicted molar refractivity (Wildman–Crippen MR) is 75.9 cm³/mol. The largest absolute Gasteiger partial charge is 0.390 e. The molecular weight excluding hydrogens is 310 g/mol. The monoisotopic (exact) mass is 330 g/mol. The number of fused-ring (bicyclic) bond motifs is 1. The minimum Gasteiger partial charge on any atom is -0.390 e. The smallest absolute Gasteiger partial charge is 0.296 e. The Morgan fingerprint density at radius 1 is 1.30 bits per heavy atom. The van der Waals surface area contributed by atoms with Crippen molar-refractivity contribution in [1.29, 1.82) is 0 Å². The van der Waals surface area contributed by atoms with Gasteiger partial charge in [-0.3, -0.25) is 0 Å². The second-order valence-corrected chi connectivity index (χ2v) is 6.33. The normalized spacial score (nSPS) is 31.1. The van der Waals surface area contributed by atoms with Gasteiger partial charge in [-0.25, -0.2) is 0 Å². The molecule has 2 fully saturated rings. The average molecular weight is 330 g/mol. The van der Waals surface area contributed by atoms with E-state index < -0.39 is 42.2 Å². The number of aliphatic hydroxyl groups is 2. The van der Waals surface area contributed by atoms with Gasteiger partial charge in [0.25, 0.3) is 5.92 Å². The summed E-state index contributed by atoms with van der Waals surface area (Å²) in [6, 6.07) is 5.59. The van der Waals surface area contributed by atoms with Gasteiger partial charge in [-0.05, 0) is 19.4 Å². The van der Waals surface area contributed by atoms with Gasteiger partial charge in [-0.1, -0.05) is 24.3 Å². The highest BCUT2D eigenvalue weighted by molar-refractivity contribution is 5.34. The van der Waals surface area contributed by atoms with Crippen molar-refractivity contribution in [2.75, 3.05) is 13.2 Å². The zero-order valence-corrected chi connectivity index (χ0v) is 12.9. The molecular formula is C16H20F2O5. The van der Waals surface area contributed by atoms with Gasteiger partial charge in [0.15, 0.2) is 5.79 Å². The Labute approximate surface area is 132 Å². The van der Waals surface area contributed by atoms with E-state index in [1.165, 1.54) is 18.2 Å². The Kier molecular flexibility index (Phi) is 4.18. The molecule has 2 N–H and O–H groups in total. The first-order valence-electron chi connectivity index (χ1n) is 7.48. The summed E-state index contributed by atoms with van der Waals surface area (Å²) in [6.45, 7) is 2.40. The van der Waals surface area contributed by atoms with Crippen LogP contribution in [0.3, 0.4) is 0 Å². The number of hydrogen-bond acceptors (Lipinski definition) is 5. The zero-order chi connectivity index (χ0) is 16.8. The highest BCUT2D eigenvalue weighted by atomic mass is 19.3. The molecule has 0 aromatic heterocycles. The fraction of sp³-hybridized carbons (Fsp3) is 0.625. The van der Waals surface area contributed by atoms with Crippen molar-refractivity contribution in [3.8, 4) is 0 Å². The summed E-state index contributed by atoms with van der Waals surface area (Å²) in [5.41, 5.74) is -0.397. The molecule has 2 aliphatic rings. The third-order valence-electron chi connectivity index (χ3n) is 4.18. The number of halogens is 2. The lowest BCUT2D eigenvalue weighted by molar-refractivity contribution is -0.185. The molecule has 2 saturated heterocycles. The molecule has 4 unspecified atom stereocenters. The Morgan fingerprint density at radius 3 is 2.70 bits per heavy atom. The molecule has 0 spiro atoms. The van der Waals surface area contributed by atoms with Gasteiger partial charge >= 0.3 is 0 Å². The fourth-order valence-electron chi connectivity index (χ4n) is 3.19. The number of rotatable bonds is 4. The molecule has 2 aliphatic heterocycles. The second kappa shape index (κ2) is 5.75. The number of benzene rings is 1. The first kappa shape index (κ1) is 16.7. The minimum atomic E-state index is -3.44. The molecule has 5 nitrogen and oxygen atoms in total. The highest BCUT2D eigenvalue weighted by Gasteiger charge is 2.53. The molecule has 0 radical (unpaired) electrons. The van der Waals surface area contributed by atoms with Crippen molar-refractivity contribution >= 4 is 0 Å². The van der Waals surface area contributed by atoms with Crippen LogP contribution in [0.25, 0.3) is 0 Å². The van der Waals surface area contributed by atoms with Crippen LogP contribution in [0.5, 0.6) is 0 Å². The molecule has 0 saturated carbocycles. The second-order valence-electron chi connectivity index (χ2n) is 6.33. The van der Waals surface area contributed by atoms with Crippen LogP contribution in [0.4, 0.5) is 8.78 Å². The van der Waals surface area contributed by atoms with E-state index in [0.717, 1.165) is 0 Å². The van der Waals surface area contributed by atoms with Crippen molar-refractivity contribution in [2.24, 2.45) is 0 Å². The van der Waals surface area contributed by atoms with Gasteiger partial charge in [0.1, 0.15) is 31.0 Å². The van der Waals surface area contributed by atoms with Crippen LogP contribution >= 0.6 is 0 Å². The Hall–Kier alpha value is -1.12. The molecule has 128 valence electrons. The van der Waals surface area contributed by atoms with E-state index in [1.54, 1.807) is 19.9 Å². The topological polar surface area (TPSA) is 68.2 Å². The molecule has 7 heteroatoms. The number of aliphatic hydroxyl groups excluding tert-OH is 2. The summed E-state index contributed by atoms with van der Waals surface area (Å²) in [6.07, 6.45) is -2.99. The van der Waals surface area contributed by atoms with E-state index in [0.29, 0.717) is 0 Å². The summed E-state index contributed by atoms with van der Waals surface area (Å²) in [4.78, 5) is 0. The van der Waals surface area contributed by atoms with E-state index in [4.69, 9.17) is 19.3 Å². The van der Waals surface area contributed by atoms with E-state index >= 15 is 0 Å². The van der Waals surface area contributed by atoms with Gasteiger partial charge < -0.3 is 24.4 Å². The van der Waals surface area contributed by atoms with Gasteiger partial charge in [-0.15, -0.1) is 0 Å². The molecule has 23 heavy (non-hydrogen) atoms. The van der Waals surface area contributed by atoms with Crippen LogP contribution in [0.2, 0.25) is 0 Å². The summed E-state index contributed by atoms with van der Waals surface area (Å²) < 4.78 is 44.8. The van der Waals surface area contributed by atoms with Gasteiger partial charge in [0.2, 0.25) is 0 Å². The Morgan fingerprint density at radius 2 is 2.00 bits per heavy atom. The first-order chi connectivity index (χ1) is 10.7. The summed E-state index contributed by atoms with van der Waals surface area (Å²) in [7, 11) is 0. The molecule has 0 amide bonds. The van der Waals surface area contributed by atoms with Crippen LogP contribution in [0.15, 0.2) is 24.3 Å². The standard InChI is InChI=1S/C16H20F2O5/c1-15(2)22-11-7-21-14(13(11)23-15)12(20)9-5-3-4-6-10(9)16(17,18)8-19/h3-6,11-14,19-20H,7-8H2,1-2H3. The van der Waals surface area contributed by atoms with E-state index in [-0.39, 0.29) is 18.3 Å². The average Bonchev–Trinajstić information content (AvgIpc) is 3.01. The molecule has 4 atom stereocenters. The van der Waals surface area contributed by atoms with Crippen LogP contribution in [0.1, 0.15) is 31.1 Å². The summed E-state index contributed by atoms with van der Waals surface area (Å²) in [5, 5.41) is 19.5. The predicted octanol–water partition coefficient (Wildman–Crippen LogP) is 1.72. The van der Waals surface area contributed by atoms with Crippen molar-refractivity contribution in [3.63, 3.8) is 0 Å². The lowest BCUT2D eigenvalue weighted by Gasteiger charge is -2.27. The van der Waals surface area contributed by atoms with Crippen molar-refractivity contribution in [2.45, 2.75) is 50.0 Å². The molecule has 1 aromatic rings. The number of alkyl halides is 2. The van der Waals surface area contributed by atoms with Crippen LogP contribution in [-0.4, -0.2) is 47.5 Å². The van der Waals surface area contributed by atoms with E-state index in [1.807, 2.05) is 0 Å². The Balaban J connectivity index is 1.89. The van der Waals surface area contributed by atoms with E-state index in [2.05, 4.69) is 0 Å². The summed E-state index contributed by atoms with van der Waals surface area (Å²) in [5.74, 6) is -4.24. The lowest BCUT2D eigenvalue weighted by atomic mass is 9.92. The fourth-order valence-corrected chi connectivity index (χ4v) is 3.19. The number of ether oxygens (including phenoxy) is 3. The number of hydrogen-bond donors (Lipinski definition) is 2. The minimum absolute atomic E-state index is 0.0190. The van der Waals surface area contributed by atoms with E-state index in [9.17, 15) is 13.9 Å². The third-order valence-corrected chi connectivity index (χ3v) is 4.18. The van der Waals surface area contributed by atoms with Gasteiger partial charge in [0.05, 0.1) is 6.61 Å². The van der Waals surface area contributed by atoms with Crippen LogP contribution in [0, 0.1) is 0 Å². The molecule has 3 rings (SSSR count). The third kappa shape index (κ3) is 2.99. The molecule has 2 heterocycles. The molecule has 1 aromatic carbocycles. The maximum atomic E-state index is 13.9. The van der Waals surface area contributed by atoms with Crippen LogP contribution in [-0.2, 0) is 20.1 Å². The quantitative estimate of drug-likeness (QED) is 0.880. The summed E-state index contributed by atoms with van der Waals surface area (Å²) >= 11 is 0. The van der Waals surface area contributed by atoms with Crippen LogP contribution < -0.4 is 0 Å². The SMILES string of the molecule is CC1(C)OC2COC(C(O)c3ccccc3C(F)(F)CO)C2O1. The Bertz CT molecular complexity index is 577. The molecule has 0 bridgehead atoms. The van der Waals surface area contributed by atoms with Crippen molar-refractivity contribution in [1.82, 2.24) is 0 Å². The molecule has 0 aliphatic carbocycles. The maximum absolute atomic E-state index is 13.9. The van der Waals surface area contributed by atoms with Crippen molar-refractivity contribution < 1.29 is 33.2 Å². The van der Waals surface area contributed by atoms with Crippen molar-refractivity contribution in [3.05, 3.63) is 35.4 Å². The maximum Gasteiger partial charge on any atom is 0.296 e. The first-order valence-corrected chi connectivity index (χ1v) is 7.48. The highest BCUT2D eigenvalue weighted by Crippen LogP contribution is 2.41. The zero-order valence-electron chi connectivity index (χ0n) is 12.9. The van der Waals surface area contributed by atoms with Gasteiger partial charge in [0, 0.05) is 5.56 Å². The lowest BCUT2D eigenvalue weighted by Crippen LogP contribution is -2.35. The van der Waals surface area contributed by atoms with Gasteiger partial charge in [-0.2, -0.15) is 8.78 Å².